The molecule has 2 fully saturated rings. The molecule has 0 spiro atoms. The third-order valence-electron chi connectivity index (χ3n) is 4.71. The van der Waals surface area contributed by atoms with Crippen LogP contribution in [0.1, 0.15) is 42.7 Å². The molecule has 3 heteroatoms. The van der Waals surface area contributed by atoms with Crippen LogP contribution in [0.2, 0.25) is 0 Å². The zero-order valence-electron chi connectivity index (χ0n) is 12.0. The van der Waals surface area contributed by atoms with Crippen molar-refractivity contribution < 1.29 is 0 Å². The molecule has 20 heavy (non-hydrogen) atoms. The second-order valence-corrected chi connectivity index (χ2v) is 8.22. The van der Waals surface area contributed by atoms with Crippen molar-refractivity contribution in [3.63, 3.8) is 0 Å². The Hall–Kier alpha value is 0.01000. The first-order valence-corrected chi connectivity index (χ1v) is 9.84. The fourth-order valence-corrected chi connectivity index (χ4v) is 5.31. The lowest BCUT2D eigenvalue weighted by atomic mass is 9.88. The van der Waals surface area contributed by atoms with Gasteiger partial charge in [-0.1, -0.05) is 28.1 Å². The molecule has 1 nitrogen and oxygen atoms in total. The van der Waals surface area contributed by atoms with Crippen LogP contribution >= 0.6 is 27.7 Å². The first kappa shape index (κ1) is 14.9. The molecule has 0 unspecified atom stereocenters. The molecule has 0 aromatic heterocycles. The summed E-state index contributed by atoms with van der Waals surface area (Å²) in [6, 6.07) is 7.16. The van der Waals surface area contributed by atoms with Crippen LogP contribution in [-0.2, 0) is 6.42 Å². The first-order chi connectivity index (χ1) is 9.83. The van der Waals surface area contributed by atoms with Crippen LogP contribution in [0.25, 0.3) is 0 Å². The number of hydrogen-bond donors (Lipinski definition) is 1. The van der Waals surface area contributed by atoms with E-state index in [0.29, 0.717) is 0 Å². The van der Waals surface area contributed by atoms with E-state index in [1.165, 1.54) is 66.7 Å². The molecule has 2 heterocycles. The summed E-state index contributed by atoms with van der Waals surface area (Å²) in [6.07, 6.45) is 6.60. The van der Waals surface area contributed by atoms with E-state index in [0.717, 1.165) is 11.8 Å². The van der Waals surface area contributed by atoms with Gasteiger partial charge < -0.3 is 5.32 Å². The first-order valence-electron chi connectivity index (χ1n) is 7.89. The summed E-state index contributed by atoms with van der Waals surface area (Å²) in [5.74, 6) is 4.31. The number of nitrogens with one attached hydrogen (secondary N) is 1. The summed E-state index contributed by atoms with van der Waals surface area (Å²) in [6.45, 7) is 2.40. The third kappa shape index (κ3) is 3.80. The molecule has 110 valence electrons. The van der Waals surface area contributed by atoms with Gasteiger partial charge in [0.15, 0.2) is 0 Å². The molecule has 1 aromatic rings. The molecule has 3 rings (SSSR count). The van der Waals surface area contributed by atoms with Gasteiger partial charge in [-0.15, -0.1) is 0 Å². The monoisotopic (exact) mass is 353 g/mol. The van der Waals surface area contributed by atoms with Gasteiger partial charge in [0.05, 0.1) is 0 Å². The van der Waals surface area contributed by atoms with Crippen molar-refractivity contribution in [3.05, 3.63) is 33.8 Å². The highest BCUT2D eigenvalue weighted by atomic mass is 79.9. The van der Waals surface area contributed by atoms with Gasteiger partial charge in [-0.25, -0.2) is 0 Å². The zero-order chi connectivity index (χ0) is 13.8. The Morgan fingerprint density at radius 2 is 1.85 bits per heavy atom. The standard InChI is InChI=1S/C17H24BrNS/c18-17-12-14(11-13-3-7-19-8-4-13)1-2-16(17)15-5-9-20-10-6-15/h1-2,12-13,15,19H,3-11H2. The Balaban J connectivity index is 1.66. The molecule has 2 aliphatic heterocycles. The molecule has 2 aliphatic rings. The van der Waals surface area contributed by atoms with Crippen molar-refractivity contribution in [3.8, 4) is 0 Å². The van der Waals surface area contributed by atoms with E-state index in [-0.39, 0.29) is 0 Å². The quantitative estimate of drug-likeness (QED) is 0.851. The fraction of sp³-hybridized carbons (Fsp3) is 0.647. The number of rotatable bonds is 3. The van der Waals surface area contributed by atoms with Gasteiger partial charge in [0.1, 0.15) is 0 Å². The van der Waals surface area contributed by atoms with Crippen LogP contribution in [-0.4, -0.2) is 24.6 Å². The van der Waals surface area contributed by atoms with Gasteiger partial charge in [-0.05, 0) is 85.7 Å². The molecule has 1 N–H and O–H groups in total. The van der Waals surface area contributed by atoms with E-state index in [1.54, 1.807) is 5.56 Å². The van der Waals surface area contributed by atoms with E-state index in [1.807, 2.05) is 0 Å². The van der Waals surface area contributed by atoms with Crippen LogP contribution in [0, 0.1) is 5.92 Å². The van der Waals surface area contributed by atoms with E-state index in [9.17, 15) is 0 Å². The predicted octanol–water partition coefficient (Wildman–Crippen LogP) is 4.60. The summed E-state index contributed by atoms with van der Waals surface area (Å²) in [4.78, 5) is 0. The summed E-state index contributed by atoms with van der Waals surface area (Å²) in [5.41, 5.74) is 3.05. The van der Waals surface area contributed by atoms with Gasteiger partial charge in [-0.2, -0.15) is 11.8 Å². The number of piperidine rings is 1. The molecular weight excluding hydrogens is 330 g/mol. The van der Waals surface area contributed by atoms with E-state index in [4.69, 9.17) is 0 Å². The Morgan fingerprint density at radius 3 is 2.55 bits per heavy atom. The number of halogens is 1. The van der Waals surface area contributed by atoms with Gasteiger partial charge in [0.2, 0.25) is 0 Å². The maximum Gasteiger partial charge on any atom is 0.0212 e. The van der Waals surface area contributed by atoms with Crippen molar-refractivity contribution in [1.29, 1.82) is 0 Å². The predicted molar refractivity (Wildman–Crippen MR) is 92.7 cm³/mol. The molecule has 2 saturated heterocycles. The van der Waals surface area contributed by atoms with Gasteiger partial charge in [-0.3, -0.25) is 0 Å². The fourth-order valence-electron chi connectivity index (χ4n) is 3.46. The number of hydrogen-bond acceptors (Lipinski definition) is 2. The maximum atomic E-state index is 3.83. The molecular formula is C17H24BrNS. The van der Waals surface area contributed by atoms with Gasteiger partial charge in [0.25, 0.3) is 0 Å². The largest absolute Gasteiger partial charge is 0.317 e. The Labute approximate surface area is 135 Å². The molecule has 0 atom stereocenters. The average Bonchev–Trinajstić information content (AvgIpc) is 2.49. The van der Waals surface area contributed by atoms with Crippen LogP contribution < -0.4 is 5.32 Å². The van der Waals surface area contributed by atoms with Crippen molar-refractivity contribution in [2.75, 3.05) is 24.6 Å². The minimum atomic E-state index is 0.776. The minimum Gasteiger partial charge on any atom is -0.317 e. The van der Waals surface area contributed by atoms with E-state index in [2.05, 4.69) is 51.2 Å². The van der Waals surface area contributed by atoms with Crippen molar-refractivity contribution >= 4 is 27.7 Å². The molecule has 0 amide bonds. The van der Waals surface area contributed by atoms with E-state index >= 15 is 0 Å². The Morgan fingerprint density at radius 1 is 1.10 bits per heavy atom. The highest BCUT2D eigenvalue weighted by Gasteiger charge is 2.19. The minimum absolute atomic E-state index is 0.776. The molecule has 0 radical (unpaired) electrons. The van der Waals surface area contributed by atoms with Crippen LogP contribution in [0.15, 0.2) is 22.7 Å². The second kappa shape index (κ2) is 7.33. The van der Waals surface area contributed by atoms with Crippen molar-refractivity contribution in [2.45, 2.75) is 38.0 Å². The smallest absolute Gasteiger partial charge is 0.0212 e. The molecule has 0 saturated carbocycles. The van der Waals surface area contributed by atoms with Crippen LogP contribution in [0.5, 0.6) is 0 Å². The lowest BCUT2D eigenvalue weighted by Crippen LogP contribution is -2.28. The SMILES string of the molecule is Brc1cc(CC2CCNCC2)ccc1C1CCSCC1. The Bertz CT molecular complexity index is 437. The summed E-state index contributed by atoms with van der Waals surface area (Å²) in [7, 11) is 0. The third-order valence-corrected chi connectivity index (χ3v) is 6.44. The second-order valence-electron chi connectivity index (χ2n) is 6.14. The molecule has 0 aliphatic carbocycles. The maximum absolute atomic E-state index is 3.83. The highest BCUT2D eigenvalue weighted by Crippen LogP contribution is 2.36. The lowest BCUT2D eigenvalue weighted by Gasteiger charge is -2.25. The summed E-state index contributed by atoms with van der Waals surface area (Å²) in [5, 5.41) is 3.45. The van der Waals surface area contributed by atoms with Crippen molar-refractivity contribution in [1.82, 2.24) is 5.32 Å². The van der Waals surface area contributed by atoms with Gasteiger partial charge in [0, 0.05) is 4.47 Å². The van der Waals surface area contributed by atoms with Gasteiger partial charge >= 0.3 is 0 Å². The molecule has 1 aromatic carbocycles. The normalized spacial score (nSPS) is 22.1. The van der Waals surface area contributed by atoms with E-state index < -0.39 is 0 Å². The lowest BCUT2D eigenvalue weighted by molar-refractivity contribution is 0.372. The van der Waals surface area contributed by atoms with Crippen LogP contribution in [0.4, 0.5) is 0 Å². The zero-order valence-corrected chi connectivity index (χ0v) is 14.4. The average molecular weight is 354 g/mol. The number of thioether (sulfide) groups is 1. The topological polar surface area (TPSA) is 12.0 Å². The Kier molecular flexibility index (Phi) is 5.47. The van der Waals surface area contributed by atoms with Crippen LogP contribution in [0.3, 0.4) is 0 Å². The summed E-state index contributed by atoms with van der Waals surface area (Å²) >= 11 is 5.93. The number of benzene rings is 1. The highest BCUT2D eigenvalue weighted by molar-refractivity contribution is 9.10. The van der Waals surface area contributed by atoms with Crippen molar-refractivity contribution in [2.24, 2.45) is 5.92 Å². The molecule has 0 bridgehead atoms. The summed E-state index contributed by atoms with van der Waals surface area (Å²) < 4.78 is 1.35.